The number of hydrogen-bond donors (Lipinski definition) is 2. The van der Waals surface area contributed by atoms with Gasteiger partial charge in [-0.3, -0.25) is 9.59 Å². The van der Waals surface area contributed by atoms with Crippen molar-refractivity contribution in [3.8, 4) is 23.0 Å². The standard InChI is InChI=1S/C26H26N2O6/c1-31-19-9-11-20(12-10-19)32-14-4-7-25(29)28-22-6-3-2-5-21(22)26(30)27-16-18-8-13-23-24(15-18)34-17-33-23/h2-3,5-6,8-13,15H,4,7,14,16-17H2,1H3,(H,27,30)(H,28,29). The van der Waals surface area contributed by atoms with E-state index >= 15 is 0 Å². The molecule has 0 saturated carbocycles. The minimum Gasteiger partial charge on any atom is -0.497 e. The van der Waals surface area contributed by atoms with Gasteiger partial charge in [0, 0.05) is 13.0 Å². The Kier molecular flexibility index (Phi) is 7.49. The van der Waals surface area contributed by atoms with Crippen LogP contribution in [0.4, 0.5) is 5.69 Å². The number of para-hydroxylation sites is 1. The van der Waals surface area contributed by atoms with Gasteiger partial charge in [0.15, 0.2) is 11.5 Å². The summed E-state index contributed by atoms with van der Waals surface area (Å²) in [6.45, 7) is 0.920. The molecule has 0 radical (unpaired) electrons. The highest BCUT2D eigenvalue weighted by Gasteiger charge is 2.15. The van der Waals surface area contributed by atoms with Gasteiger partial charge in [0.2, 0.25) is 12.7 Å². The maximum absolute atomic E-state index is 12.8. The van der Waals surface area contributed by atoms with Crippen LogP contribution < -0.4 is 29.6 Å². The van der Waals surface area contributed by atoms with E-state index in [0.29, 0.717) is 48.1 Å². The van der Waals surface area contributed by atoms with Crippen molar-refractivity contribution in [2.45, 2.75) is 19.4 Å². The van der Waals surface area contributed by atoms with Crippen molar-refractivity contribution in [3.63, 3.8) is 0 Å². The SMILES string of the molecule is COc1ccc(OCCCC(=O)Nc2ccccc2C(=O)NCc2ccc3c(c2)OCO3)cc1. The van der Waals surface area contributed by atoms with Crippen molar-refractivity contribution in [1.29, 1.82) is 0 Å². The molecule has 0 aromatic heterocycles. The molecule has 176 valence electrons. The van der Waals surface area contributed by atoms with Crippen molar-refractivity contribution in [2.75, 3.05) is 25.8 Å². The quantitative estimate of drug-likeness (QED) is 0.440. The van der Waals surface area contributed by atoms with Crippen molar-refractivity contribution >= 4 is 17.5 Å². The number of anilines is 1. The first kappa shape index (κ1) is 23.0. The summed E-state index contributed by atoms with van der Waals surface area (Å²) in [5, 5.41) is 5.71. The van der Waals surface area contributed by atoms with E-state index < -0.39 is 0 Å². The smallest absolute Gasteiger partial charge is 0.253 e. The van der Waals surface area contributed by atoms with Crippen LogP contribution in [0, 0.1) is 0 Å². The topological polar surface area (TPSA) is 95.1 Å². The van der Waals surface area contributed by atoms with E-state index in [4.69, 9.17) is 18.9 Å². The predicted octanol–water partition coefficient (Wildman–Crippen LogP) is 4.15. The van der Waals surface area contributed by atoms with E-state index in [9.17, 15) is 9.59 Å². The average molecular weight is 463 g/mol. The summed E-state index contributed by atoms with van der Waals surface area (Å²) < 4.78 is 21.4. The third-order valence-corrected chi connectivity index (χ3v) is 5.21. The molecular weight excluding hydrogens is 436 g/mol. The lowest BCUT2D eigenvalue weighted by atomic mass is 10.1. The molecule has 3 aromatic carbocycles. The van der Waals surface area contributed by atoms with E-state index in [1.807, 2.05) is 42.5 Å². The summed E-state index contributed by atoms with van der Waals surface area (Å²) in [6.07, 6.45) is 0.805. The van der Waals surface area contributed by atoms with Crippen LogP contribution in [0.5, 0.6) is 23.0 Å². The van der Waals surface area contributed by atoms with Crippen molar-refractivity contribution < 1.29 is 28.5 Å². The number of methoxy groups -OCH3 is 1. The van der Waals surface area contributed by atoms with E-state index in [-0.39, 0.29) is 25.0 Å². The molecule has 0 bridgehead atoms. The largest absolute Gasteiger partial charge is 0.497 e. The first-order chi connectivity index (χ1) is 16.6. The maximum atomic E-state index is 12.8. The van der Waals surface area contributed by atoms with Gasteiger partial charge in [-0.15, -0.1) is 0 Å². The van der Waals surface area contributed by atoms with E-state index in [0.717, 1.165) is 11.3 Å². The number of rotatable bonds is 10. The molecule has 0 saturated heterocycles. The third kappa shape index (κ3) is 5.98. The van der Waals surface area contributed by atoms with Crippen molar-refractivity contribution in [3.05, 3.63) is 77.9 Å². The first-order valence-electron chi connectivity index (χ1n) is 10.9. The summed E-state index contributed by atoms with van der Waals surface area (Å²) in [4.78, 5) is 25.2. The Morgan fingerprint density at radius 1 is 0.941 bits per heavy atom. The molecule has 0 fully saturated rings. The number of carbonyl (C=O) groups is 2. The fourth-order valence-corrected chi connectivity index (χ4v) is 3.43. The normalized spacial score (nSPS) is 11.6. The van der Waals surface area contributed by atoms with Gasteiger partial charge < -0.3 is 29.6 Å². The fraction of sp³-hybridized carbons (Fsp3) is 0.231. The molecule has 0 unspecified atom stereocenters. The molecule has 0 aliphatic carbocycles. The zero-order valence-electron chi connectivity index (χ0n) is 18.8. The van der Waals surface area contributed by atoms with Crippen LogP contribution in [0.25, 0.3) is 0 Å². The van der Waals surface area contributed by atoms with Crippen LogP contribution in [-0.2, 0) is 11.3 Å². The molecule has 1 heterocycles. The molecule has 3 aromatic rings. The summed E-state index contributed by atoms with van der Waals surface area (Å²) in [5.74, 6) is 2.36. The number of benzene rings is 3. The summed E-state index contributed by atoms with van der Waals surface area (Å²) in [7, 11) is 1.61. The highest BCUT2D eigenvalue weighted by atomic mass is 16.7. The highest BCUT2D eigenvalue weighted by Crippen LogP contribution is 2.32. The molecular formula is C26H26N2O6. The molecule has 34 heavy (non-hydrogen) atoms. The molecule has 1 aliphatic rings. The van der Waals surface area contributed by atoms with Gasteiger partial charge in [-0.05, 0) is 60.5 Å². The second-order valence-corrected chi connectivity index (χ2v) is 7.59. The number of carbonyl (C=O) groups excluding carboxylic acids is 2. The number of fused-ring (bicyclic) bond motifs is 1. The van der Waals surface area contributed by atoms with Crippen LogP contribution in [0.15, 0.2) is 66.7 Å². The Labute approximate surface area is 197 Å². The Hall–Kier alpha value is -4.20. The second-order valence-electron chi connectivity index (χ2n) is 7.59. The van der Waals surface area contributed by atoms with Gasteiger partial charge in [-0.2, -0.15) is 0 Å². The average Bonchev–Trinajstić information content (AvgIpc) is 3.34. The van der Waals surface area contributed by atoms with Crippen LogP contribution >= 0.6 is 0 Å². The van der Waals surface area contributed by atoms with Crippen molar-refractivity contribution in [1.82, 2.24) is 5.32 Å². The molecule has 8 heteroatoms. The monoisotopic (exact) mass is 462 g/mol. The van der Waals surface area contributed by atoms with E-state index in [2.05, 4.69) is 10.6 Å². The molecule has 8 nitrogen and oxygen atoms in total. The Balaban J connectivity index is 1.25. The van der Waals surface area contributed by atoms with Crippen LogP contribution in [-0.4, -0.2) is 32.3 Å². The lowest BCUT2D eigenvalue weighted by Gasteiger charge is -2.12. The molecule has 2 amide bonds. The fourth-order valence-electron chi connectivity index (χ4n) is 3.43. The minimum atomic E-state index is -0.281. The summed E-state index contributed by atoms with van der Waals surface area (Å²) in [6, 6.07) is 19.7. The van der Waals surface area contributed by atoms with Gasteiger partial charge >= 0.3 is 0 Å². The van der Waals surface area contributed by atoms with Gasteiger partial charge in [0.25, 0.3) is 5.91 Å². The van der Waals surface area contributed by atoms with Crippen molar-refractivity contribution in [2.24, 2.45) is 0 Å². The Morgan fingerprint density at radius 3 is 2.53 bits per heavy atom. The van der Waals surface area contributed by atoms with Gasteiger partial charge in [0.1, 0.15) is 11.5 Å². The van der Waals surface area contributed by atoms with Gasteiger partial charge in [-0.1, -0.05) is 18.2 Å². The number of ether oxygens (including phenoxy) is 4. The molecule has 0 spiro atoms. The van der Waals surface area contributed by atoms with Crippen LogP contribution in [0.2, 0.25) is 0 Å². The van der Waals surface area contributed by atoms with Crippen LogP contribution in [0.1, 0.15) is 28.8 Å². The number of nitrogens with one attached hydrogen (secondary N) is 2. The molecule has 2 N–H and O–H groups in total. The zero-order valence-corrected chi connectivity index (χ0v) is 18.8. The van der Waals surface area contributed by atoms with E-state index in [1.54, 1.807) is 31.4 Å². The van der Waals surface area contributed by atoms with Gasteiger partial charge in [0.05, 0.1) is 25.0 Å². The number of hydrogen-bond acceptors (Lipinski definition) is 6. The Bertz CT molecular complexity index is 1150. The first-order valence-corrected chi connectivity index (χ1v) is 10.9. The summed E-state index contributed by atoms with van der Waals surface area (Å²) >= 11 is 0. The second kappa shape index (κ2) is 11.1. The zero-order chi connectivity index (χ0) is 23.8. The maximum Gasteiger partial charge on any atom is 0.253 e. The molecule has 1 aliphatic heterocycles. The Morgan fingerprint density at radius 2 is 1.71 bits per heavy atom. The van der Waals surface area contributed by atoms with Crippen LogP contribution in [0.3, 0.4) is 0 Å². The lowest BCUT2D eigenvalue weighted by molar-refractivity contribution is -0.116. The van der Waals surface area contributed by atoms with E-state index in [1.165, 1.54) is 0 Å². The number of amides is 2. The summed E-state index contributed by atoms with van der Waals surface area (Å²) in [5.41, 5.74) is 1.74. The third-order valence-electron chi connectivity index (χ3n) is 5.21. The molecule has 0 atom stereocenters. The lowest BCUT2D eigenvalue weighted by Crippen LogP contribution is -2.25. The highest BCUT2D eigenvalue weighted by molar-refractivity contribution is 6.03. The predicted molar refractivity (Wildman–Crippen MR) is 127 cm³/mol. The van der Waals surface area contributed by atoms with Gasteiger partial charge in [-0.25, -0.2) is 0 Å². The molecule has 4 rings (SSSR count). The minimum absolute atomic E-state index is 0.186.